The highest BCUT2D eigenvalue weighted by Crippen LogP contribution is 2.35. The molecule has 0 atom stereocenters. The van der Waals surface area contributed by atoms with Crippen LogP contribution in [-0.2, 0) is 0 Å². The molecule has 0 aliphatic heterocycles. The fourth-order valence-electron chi connectivity index (χ4n) is 2.67. The largest absolute Gasteiger partial charge is 0.354 e. The minimum absolute atomic E-state index is 1.14. The quantitative estimate of drug-likeness (QED) is 0.457. The van der Waals surface area contributed by atoms with Gasteiger partial charge in [-0.3, -0.25) is 0 Å². The molecule has 1 heterocycles. The Hall–Kier alpha value is -1.80. The van der Waals surface area contributed by atoms with E-state index in [1.54, 1.807) is 0 Å². The predicted octanol–water partition coefficient (Wildman–Crippen LogP) is 5.24. The third kappa shape index (κ3) is 1.27. The summed E-state index contributed by atoms with van der Waals surface area (Å²) in [5, 5.41) is 5.15. The zero-order chi connectivity index (χ0) is 12.1. The molecule has 0 radical (unpaired) electrons. The van der Waals surface area contributed by atoms with Crippen LogP contribution in [0.5, 0.6) is 0 Å². The molecule has 0 saturated carbocycles. The summed E-state index contributed by atoms with van der Waals surface area (Å²) >= 11 is 3.66. The fourth-order valence-corrected chi connectivity index (χ4v) is 3.24. The Morgan fingerprint density at radius 2 is 1.56 bits per heavy atom. The van der Waals surface area contributed by atoms with Gasteiger partial charge in [0.15, 0.2) is 0 Å². The standard InChI is InChI=1S/C16H10BrN/c17-12-6-3-7-13-16(12)15-11-5-2-1-4-10(11)8-9-14(15)18-13/h1-9,18H. The molecule has 0 fully saturated rings. The summed E-state index contributed by atoms with van der Waals surface area (Å²) in [5.41, 5.74) is 2.37. The smallest absolute Gasteiger partial charge is 0.0476 e. The van der Waals surface area contributed by atoms with Crippen LogP contribution in [0, 0.1) is 0 Å². The third-order valence-corrected chi connectivity index (χ3v) is 4.12. The van der Waals surface area contributed by atoms with Crippen LogP contribution < -0.4 is 0 Å². The van der Waals surface area contributed by atoms with Crippen LogP contribution in [0.4, 0.5) is 0 Å². The zero-order valence-electron chi connectivity index (χ0n) is 9.57. The molecule has 1 nitrogen and oxygen atoms in total. The maximum Gasteiger partial charge on any atom is 0.0476 e. The molecule has 18 heavy (non-hydrogen) atoms. The van der Waals surface area contributed by atoms with E-state index in [0.717, 1.165) is 4.47 Å². The van der Waals surface area contributed by atoms with Gasteiger partial charge in [0, 0.05) is 26.3 Å². The Bertz CT molecular complexity index is 889. The molecule has 4 rings (SSSR count). The monoisotopic (exact) mass is 295 g/mol. The highest BCUT2D eigenvalue weighted by atomic mass is 79.9. The molecule has 3 aromatic carbocycles. The molecule has 2 heteroatoms. The lowest BCUT2D eigenvalue weighted by molar-refractivity contribution is 1.55. The van der Waals surface area contributed by atoms with E-state index in [1.165, 1.54) is 32.6 Å². The van der Waals surface area contributed by atoms with Crippen LogP contribution in [0.25, 0.3) is 32.6 Å². The van der Waals surface area contributed by atoms with Crippen LogP contribution in [0.3, 0.4) is 0 Å². The SMILES string of the molecule is Brc1cccc2[nH]c3ccc4ccccc4c3c12. The highest BCUT2D eigenvalue weighted by molar-refractivity contribution is 9.10. The van der Waals surface area contributed by atoms with Gasteiger partial charge in [-0.15, -0.1) is 0 Å². The van der Waals surface area contributed by atoms with Crippen molar-refractivity contribution in [2.45, 2.75) is 0 Å². The minimum atomic E-state index is 1.14. The van der Waals surface area contributed by atoms with Gasteiger partial charge in [-0.2, -0.15) is 0 Å². The molecular formula is C16H10BrN. The number of fused-ring (bicyclic) bond motifs is 5. The van der Waals surface area contributed by atoms with Gasteiger partial charge >= 0.3 is 0 Å². The third-order valence-electron chi connectivity index (χ3n) is 3.46. The van der Waals surface area contributed by atoms with Crippen molar-refractivity contribution in [3.63, 3.8) is 0 Å². The molecule has 4 aromatic rings. The number of rotatable bonds is 0. The van der Waals surface area contributed by atoms with E-state index >= 15 is 0 Å². The molecule has 1 aromatic heterocycles. The number of aromatic amines is 1. The normalized spacial score (nSPS) is 11.6. The van der Waals surface area contributed by atoms with Crippen LogP contribution in [-0.4, -0.2) is 4.98 Å². The summed E-state index contributed by atoms with van der Waals surface area (Å²) in [6.45, 7) is 0. The topological polar surface area (TPSA) is 15.8 Å². The van der Waals surface area contributed by atoms with E-state index in [4.69, 9.17) is 0 Å². The second-order valence-corrected chi connectivity index (χ2v) is 5.35. The first-order valence-corrected chi connectivity index (χ1v) is 6.71. The van der Waals surface area contributed by atoms with Gasteiger partial charge in [0.1, 0.15) is 0 Å². The van der Waals surface area contributed by atoms with Crippen molar-refractivity contribution in [2.75, 3.05) is 0 Å². The molecule has 0 aliphatic rings. The molecule has 0 unspecified atom stereocenters. The Morgan fingerprint density at radius 3 is 2.50 bits per heavy atom. The van der Waals surface area contributed by atoms with Gasteiger partial charge in [-0.25, -0.2) is 0 Å². The predicted molar refractivity (Wildman–Crippen MR) is 81.0 cm³/mol. The molecule has 0 amide bonds. The molecular weight excluding hydrogens is 286 g/mol. The summed E-state index contributed by atoms with van der Waals surface area (Å²) in [6, 6.07) is 19.1. The Morgan fingerprint density at radius 1 is 0.722 bits per heavy atom. The molecule has 86 valence electrons. The fraction of sp³-hybridized carbons (Fsp3) is 0. The van der Waals surface area contributed by atoms with Crippen molar-refractivity contribution in [3.8, 4) is 0 Å². The average molecular weight is 296 g/mol. The van der Waals surface area contributed by atoms with Crippen LogP contribution in [0.15, 0.2) is 59.1 Å². The first kappa shape index (κ1) is 10.2. The molecule has 0 spiro atoms. The van der Waals surface area contributed by atoms with Gasteiger partial charge in [0.2, 0.25) is 0 Å². The van der Waals surface area contributed by atoms with E-state index in [9.17, 15) is 0 Å². The first-order valence-electron chi connectivity index (χ1n) is 5.92. The number of hydrogen-bond donors (Lipinski definition) is 1. The molecule has 0 saturated heterocycles. The number of halogens is 1. The van der Waals surface area contributed by atoms with Crippen molar-refractivity contribution in [1.82, 2.24) is 4.98 Å². The molecule has 1 N–H and O–H groups in total. The van der Waals surface area contributed by atoms with E-state index in [1.807, 2.05) is 0 Å². The lowest BCUT2D eigenvalue weighted by atomic mass is 10.0. The van der Waals surface area contributed by atoms with E-state index < -0.39 is 0 Å². The summed E-state index contributed by atoms with van der Waals surface area (Å²) in [6.07, 6.45) is 0. The number of aromatic nitrogens is 1. The van der Waals surface area contributed by atoms with Crippen molar-refractivity contribution in [3.05, 3.63) is 59.1 Å². The van der Waals surface area contributed by atoms with Crippen LogP contribution in [0.1, 0.15) is 0 Å². The minimum Gasteiger partial charge on any atom is -0.354 e. The van der Waals surface area contributed by atoms with Crippen molar-refractivity contribution in [2.24, 2.45) is 0 Å². The Balaban J connectivity index is 2.40. The zero-order valence-corrected chi connectivity index (χ0v) is 11.2. The second-order valence-electron chi connectivity index (χ2n) is 4.50. The number of H-pyrrole nitrogens is 1. The van der Waals surface area contributed by atoms with E-state index in [2.05, 4.69) is 75.5 Å². The van der Waals surface area contributed by atoms with Crippen molar-refractivity contribution in [1.29, 1.82) is 0 Å². The summed E-state index contributed by atoms with van der Waals surface area (Å²) < 4.78 is 1.14. The maximum absolute atomic E-state index is 3.66. The van der Waals surface area contributed by atoms with E-state index in [0.29, 0.717) is 0 Å². The first-order chi connectivity index (χ1) is 8.84. The Labute approximate surface area is 113 Å². The summed E-state index contributed by atoms with van der Waals surface area (Å²) in [5.74, 6) is 0. The van der Waals surface area contributed by atoms with Gasteiger partial charge in [-0.1, -0.05) is 52.3 Å². The van der Waals surface area contributed by atoms with Gasteiger partial charge in [-0.05, 0) is 29.0 Å². The number of hydrogen-bond acceptors (Lipinski definition) is 0. The van der Waals surface area contributed by atoms with Crippen LogP contribution >= 0.6 is 15.9 Å². The molecule has 0 aliphatic carbocycles. The van der Waals surface area contributed by atoms with Gasteiger partial charge < -0.3 is 4.98 Å². The van der Waals surface area contributed by atoms with Gasteiger partial charge in [0.05, 0.1) is 0 Å². The summed E-state index contributed by atoms with van der Waals surface area (Å²) in [7, 11) is 0. The van der Waals surface area contributed by atoms with Crippen molar-refractivity contribution >= 4 is 48.5 Å². The van der Waals surface area contributed by atoms with E-state index in [-0.39, 0.29) is 0 Å². The van der Waals surface area contributed by atoms with Gasteiger partial charge in [0.25, 0.3) is 0 Å². The lowest BCUT2D eigenvalue weighted by Crippen LogP contribution is -1.74. The number of nitrogens with one attached hydrogen (secondary N) is 1. The lowest BCUT2D eigenvalue weighted by Gasteiger charge is -2.00. The second kappa shape index (κ2) is 3.59. The highest BCUT2D eigenvalue weighted by Gasteiger charge is 2.09. The average Bonchev–Trinajstić information content (AvgIpc) is 2.79. The Kier molecular flexibility index (Phi) is 2.03. The maximum atomic E-state index is 3.66. The number of benzene rings is 3. The van der Waals surface area contributed by atoms with Crippen LogP contribution in [0.2, 0.25) is 0 Å². The summed E-state index contributed by atoms with van der Waals surface area (Å²) in [4.78, 5) is 3.48. The van der Waals surface area contributed by atoms with Crippen molar-refractivity contribution < 1.29 is 0 Å². The molecule has 0 bridgehead atoms.